The first-order valence-electron chi connectivity index (χ1n) is 16.5. The molecule has 0 N–H and O–H groups in total. The molecular weight excluding hydrogens is 740 g/mol. The summed E-state index contributed by atoms with van der Waals surface area (Å²) in [7, 11) is 0. The number of carbonyl (C=O) groups is 7. The van der Waals surface area contributed by atoms with Gasteiger partial charge < -0.3 is 61.6 Å². The molecule has 2 saturated heterocycles. The van der Waals surface area contributed by atoms with Crippen LogP contribution >= 0.6 is 11.6 Å². The maximum Gasteiger partial charge on any atom is 0.303 e. The second-order valence-corrected chi connectivity index (χ2v) is 11.8. The summed E-state index contributed by atoms with van der Waals surface area (Å²) < 4.78 is 72.8. The van der Waals surface area contributed by atoms with Crippen LogP contribution in [0.3, 0.4) is 0 Å². The van der Waals surface area contributed by atoms with Crippen molar-refractivity contribution in [2.45, 2.75) is 110 Å². The number of halogens is 1. The van der Waals surface area contributed by atoms with Crippen LogP contribution in [0, 0.1) is 0 Å². The molecule has 0 amide bonds. The van der Waals surface area contributed by atoms with Gasteiger partial charge in [-0.3, -0.25) is 33.6 Å². The van der Waals surface area contributed by atoms with Crippen LogP contribution in [0.25, 0.3) is 0 Å². The van der Waals surface area contributed by atoms with E-state index < -0.39 is 116 Å². The van der Waals surface area contributed by atoms with Crippen molar-refractivity contribution in [1.29, 1.82) is 0 Å². The first-order chi connectivity index (χ1) is 25.0. The van der Waals surface area contributed by atoms with E-state index in [0.29, 0.717) is 12.5 Å². The molecule has 10 atom stereocenters. The van der Waals surface area contributed by atoms with Crippen LogP contribution in [0.15, 0.2) is 0 Å². The third-order valence-electron chi connectivity index (χ3n) is 6.99. The van der Waals surface area contributed by atoms with Crippen molar-refractivity contribution in [3.8, 4) is 0 Å². The molecule has 0 aromatic heterocycles. The van der Waals surface area contributed by atoms with Crippen LogP contribution in [-0.4, -0.2) is 155 Å². The molecule has 2 fully saturated rings. The zero-order valence-corrected chi connectivity index (χ0v) is 31.2. The van der Waals surface area contributed by atoms with Gasteiger partial charge in [-0.15, -0.1) is 11.6 Å². The highest BCUT2D eigenvalue weighted by Crippen LogP contribution is 2.35. The van der Waals surface area contributed by atoms with Gasteiger partial charge in [-0.05, 0) is 0 Å². The number of hydrogen-bond acceptors (Lipinski definition) is 20. The summed E-state index contributed by atoms with van der Waals surface area (Å²) in [5.74, 6) is -5.58. The fraction of sp³-hybridized carbons (Fsp3) is 0.781. The molecule has 21 heteroatoms. The Balaban J connectivity index is 2.59. The van der Waals surface area contributed by atoms with Crippen molar-refractivity contribution in [3.05, 3.63) is 0 Å². The van der Waals surface area contributed by atoms with Crippen LogP contribution in [0.1, 0.15) is 48.5 Å². The standard InChI is InChI=1S/C32H47ClO20/c1-16(34)44-14-23-25(46-18(3)36)27(47-19(4)37)30(50-22(7)40)32(52-23)53-26-24(15-45-17(2)35)51-31(43-13-12-42-11-10-41-9-8-33)29(49-21(6)39)28(26)48-20(5)38/h23-32H,8-15H2,1-7H3/t23?,24?,25-,26+,27?,28?,29?,30?,31+,32-/m0/s1. The fourth-order valence-electron chi connectivity index (χ4n) is 5.21. The smallest absolute Gasteiger partial charge is 0.303 e. The Kier molecular flexibility index (Phi) is 19.9. The number of rotatable bonds is 20. The van der Waals surface area contributed by atoms with Gasteiger partial charge in [0, 0.05) is 54.3 Å². The van der Waals surface area contributed by atoms with Crippen LogP contribution in [0.5, 0.6) is 0 Å². The van der Waals surface area contributed by atoms with E-state index in [-0.39, 0.29) is 26.4 Å². The lowest BCUT2D eigenvalue weighted by Crippen LogP contribution is -2.67. The molecule has 53 heavy (non-hydrogen) atoms. The summed E-state index contributed by atoms with van der Waals surface area (Å²) in [5.41, 5.74) is 0. The molecule has 0 aromatic carbocycles. The molecule has 302 valence electrons. The Hall–Kier alpha value is -3.66. The van der Waals surface area contributed by atoms with Crippen molar-refractivity contribution in [2.75, 3.05) is 52.1 Å². The Labute approximate surface area is 310 Å². The van der Waals surface area contributed by atoms with Gasteiger partial charge in [-0.1, -0.05) is 0 Å². The quantitative estimate of drug-likeness (QED) is 0.0677. The zero-order chi connectivity index (χ0) is 39.7. The number of alkyl halides is 1. The first kappa shape index (κ1) is 45.5. The summed E-state index contributed by atoms with van der Waals surface area (Å²) in [6.45, 7) is 7.04. The van der Waals surface area contributed by atoms with E-state index in [9.17, 15) is 33.6 Å². The van der Waals surface area contributed by atoms with Gasteiger partial charge >= 0.3 is 41.8 Å². The summed E-state index contributed by atoms with van der Waals surface area (Å²) >= 11 is 5.58. The highest BCUT2D eigenvalue weighted by molar-refractivity contribution is 6.17. The van der Waals surface area contributed by atoms with E-state index in [0.717, 1.165) is 48.5 Å². The highest BCUT2D eigenvalue weighted by atomic mass is 35.5. The molecule has 0 aliphatic carbocycles. The highest BCUT2D eigenvalue weighted by Gasteiger charge is 2.57. The van der Waals surface area contributed by atoms with Crippen LogP contribution in [-0.2, 0) is 95.1 Å². The van der Waals surface area contributed by atoms with Crippen LogP contribution in [0.4, 0.5) is 0 Å². The van der Waals surface area contributed by atoms with Gasteiger partial charge in [-0.2, -0.15) is 0 Å². The van der Waals surface area contributed by atoms with E-state index in [1.807, 2.05) is 0 Å². The average Bonchev–Trinajstić information content (AvgIpc) is 3.04. The van der Waals surface area contributed by atoms with Crippen molar-refractivity contribution >= 4 is 53.4 Å². The van der Waals surface area contributed by atoms with Crippen molar-refractivity contribution in [3.63, 3.8) is 0 Å². The second-order valence-electron chi connectivity index (χ2n) is 11.4. The Morgan fingerprint density at radius 1 is 0.453 bits per heavy atom. The maximum atomic E-state index is 12.5. The minimum Gasteiger partial charge on any atom is -0.463 e. The summed E-state index contributed by atoms with van der Waals surface area (Å²) in [6.07, 6.45) is -15.6. The maximum absolute atomic E-state index is 12.5. The van der Waals surface area contributed by atoms with E-state index in [2.05, 4.69) is 0 Å². The number of hydrogen-bond donors (Lipinski definition) is 0. The Morgan fingerprint density at radius 3 is 1.30 bits per heavy atom. The van der Waals surface area contributed by atoms with E-state index >= 15 is 0 Å². The van der Waals surface area contributed by atoms with E-state index in [1.165, 1.54) is 0 Å². The van der Waals surface area contributed by atoms with Crippen LogP contribution < -0.4 is 0 Å². The van der Waals surface area contributed by atoms with Gasteiger partial charge in [0.2, 0.25) is 0 Å². The van der Waals surface area contributed by atoms with E-state index in [1.54, 1.807) is 0 Å². The first-order valence-corrected chi connectivity index (χ1v) is 17.0. The molecule has 2 aliphatic rings. The Morgan fingerprint density at radius 2 is 0.830 bits per heavy atom. The second kappa shape index (κ2) is 23.2. The average molecular weight is 787 g/mol. The molecule has 6 unspecified atom stereocenters. The molecule has 0 bridgehead atoms. The molecule has 20 nitrogen and oxygen atoms in total. The van der Waals surface area contributed by atoms with Gasteiger partial charge in [0.1, 0.15) is 31.5 Å². The molecule has 0 aromatic rings. The minimum atomic E-state index is -1.80. The van der Waals surface area contributed by atoms with Crippen molar-refractivity contribution in [1.82, 2.24) is 0 Å². The summed E-state index contributed by atoms with van der Waals surface area (Å²) in [6, 6.07) is 0. The lowest BCUT2D eigenvalue weighted by atomic mass is 9.96. The molecule has 0 spiro atoms. The molecule has 2 aliphatic heterocycles. The molecule has 2 rings (SSSR count). The normalized spacial score (nSPS) is 28.2. The van der Waals surface area contributed by atoms with Gasteiger partial charge in [0.15, 0.2) is 43.1 Å². The van der Waals surface area contributed by atoms with Gasteiger partial charge in [-0.25, -0.2) is 0 Å². The topological polar surface area (TPSA) is 239 Å². The molecule has 2 heterocycles. The van der Waals surface area contributed by atoms with Crippen LogP contribution in [0.2, 0.25) is 0 Å². The minimum absolute atomic E-state index is 0.0222. The van der Waals surface area contributed by atoms with Gasteiger partial charge in [0.25, 0.3) is 0 Å². The zero-order valence-electron chi connectivity index (χ0n) is 30.5. The number of carbonyl (C=O) groups excluding carboxylic acids is 7. The SMILES string of the molecule is CC(=O)OCC1O[C@@H](OCCOCCOCCCl)C(OC(C)=O)C(OC(C)=O)[C@@H]1O[C@@H]1OC(COC(C)=O)[C@H](OC(C)=O)C(OC(C)=O)C1OC(C)=O. The van der Waals surface area contributed by atoms with Gasteiger partial charge in [0.05, 0.1) is 33.0 Å². The lowest BCUT2D eigenvalue weighted by Gasteiger charge is -2.48. The van der Waals surface area contributed by atoms with E-state index in [4.69, 9.17) is 73.2 Å². The monoisotopic (exact) mass is 786 g/mol. The molecule has 0 saturated carbocycles. The van der Waals surface area contributed by atoms with Crippen molar-refractivity contribution in [2.24, 2.45) is 0 Å². The van der Waals surface area contributed by atoms with Crippen molar-refractivity contribution < 1.29 is 95.1 Å². The Bertz CT molecular complexity index is 1250. The third kappa shape index (κ3) is 16.1. The molecular formula is C32H47ClO20. The lowest BCUT2D eigenvalue weighted by molar-refractivity contribution is -0.361. The number of ether oxygens (including phenoxy) is 13. The third-order valence-corrected chi connectivity index (χ3v) is 7.14. The number of esters is 7. The fourth-order valence-corrected chi connectivity index (χ4v) is 5.32. The predicted molar refractivity (Wildman–Crippen MR) is 172 cm³/mol. The largest absolute Gasteiger partial charge is 0.463 e. The molecule has 0 radical (unpaired) electrons. The predicted octanol–water partition coefficient (Wildman–Crippen LogP) is -0.105. The summed E-state index contributed by atoms with van der Waals surface area (Å²) in [4.78, 5) is 85.4. The summed E-state index contributed by atoms with van der Waals surface area (Å²) in [5, 5.41) is 0.